The molecule has 1 aromatic heterocycles. The lowest BCUT2D eigenvalue weighted by molar-refractivity contribution is -0.119. The molecule has 0 atom stereocenters. The number of carbonyl (C=O) groups excluding carboxylic acids is 1. The third-order valence-corrected chi connectivity index (χ3v) is 2.93. The Morgan fingerprint density at radius 3 is 2.79 bits per heavy atom. The van der Waals surface area contributed by atoms with Crippen LogP contribution in [0.4, 0.5) is 0 Å². The van der Waals surface area contributed by atoms with E-state index in [0.717, 1.165) is 18.0 Å². The molecule has 2 aromatic rings. The van der Waals surface area contributed by atoms with E-state index >= 15 is 0 Å². The summed E-state index contributed by atoms with van der Waals surface area (Å²) in [4.78, 5) is 18.9. The van der Waals surface area contributed by atoms with Crippen LogP contribution in [0.1, 0.15) is 18.2 Å². The molecule has 1 radical (unpaired) electrons. The highest BCUT2D eigenvalue weighted by molar-refractivity contribution is 5.89. The van der Waals surface area contributed by atoms with E-state index in [1.165, 1.54) is 5.56 Å². The molecule has 4 heteroatoms. The number of nitrogens with one attached hydrogen (secondary N) is 2. The minimum atomic E-state index is -0.000990. The van der Waals surface area contributed by atoms with Gasteiger partial charge in [0.05, 0.1) is 17.9 Å². The number of imidazole rings is 1. The van der Waals surface area contributed by atoms with E-state index in [1.54, 1.807) is 12.5 Å². The van der Waals surface area contributed by atoms with Crippen LogP contribution in [0, 0.1) is 5.92 Å². The molecular weight excluding hydrogens is 238 g/mol. The molecular formula is C15H18N3O. The molecule has 0 unspecified atom stereocenters. The highest BCUT2D eigenvalue weighted by Gasteiger charge is 2.14. The maximum absolute atomic E-state index is 11.9. The average molecular weight is 256 g/mol. The Bertz CT molecular complexity index is 493. The van der Waals surface area contributed by atoms with Gasteiger partial charge in [0.2, 0.25) is 5.91 Å². The van der Waals surface area contributed by atoms with E-state index in [-0.39, 0.29) is 5.91 Å². The summed E-state index contributed by atoms with van der Waals surface area (Å²) in [5.74, 6) is 0.777. The van der Waals surface area contributed by atoms with Crippen molar-refractivity contribution in [3.63, 3.8) is 0 Å². The smallest absolute Gasteiger partial charge is 0.227 e. The third kappa shape index (κ3) is 4.25. The fourth-order valence-electron chi connectivity index (χ4n) is 1.86. The molecule has 1 amide bonds. The van der Waals surface area contributed by atoms with E-state index in [1.807, 2.05) is 25.1 Å². The van der Waals surface area contributed by atoms with Gasteiger partial charge in [0.1, 0.15) is 0 Å². The number of carbonyl (C=O) groups is 1. The minimum absolute atomic E-state index is 0.000990. The Hall–Kier alpha value is -2.10. The van der Waals surface area contributed by atoms with Gasteiger partial charge in [-0.15, -0.1) is 0 Å². The molecule has 0 saturated carbocycles. The van der Waals surface area contributed by atoms with Crippen LogP contribution in [0.5, 0.6) is 0 Å². The first kappa shape index (κ1) is 13.3. The van der Waals surface area contributed by atoms with Crippen LogP contribution in [0.25, 0.3) is 0 Å². The topological polar surface area (TPSA) is 57.8 Å². The zero-order valence-corrected chi connectivity index (χ0v) is 11.0. The number of H-pyrrole nitrogens is 1. The van der Waals surface area contributed by atoms with Gasteiger partial charge < -0.3 is 10.3 Å². The van der Waals surface area contributed by atoms with Gasteiger partial charge in [0, 0.05) is 19.2 Å². The summed E-state index contributed by atoms with van der Waals surface area (Å²) in [6.07, 6.45) is 4.86. The number of rotatable bonds is 6. The molecule has 1 aromatic carbocycles. The molecule has 2 N–H and O–H groups in total. The number of amides is 1. The lowest BCUT2D eigenvalue weighted by Crippen LogP contribution is -2.30. The summed E-state index contributed by atoms with van der Waals surface area (Å²) in [7, 11) is 0. The molecule has 0 spiro atoms. The van der Waals surface area contributed by atoms with Crippen LogP contribution >= 0.6 is 0 Å². The first-order chi connectivity index (χ1) is 9.25. The van der Waals surface area contributed by atoms with Gasteiger partial charge in [-0.05, 0) is 18.9 Å². The van der Waals surface area contributed by atoms with Crippen molar-refractivity contribution in [2.45, 2.75) is 19.8 Å². The van der Waals surface area contributed by atoms with E-state index in [9.17, 15) is 4.79 Å². The minimum Gasteiger partial charge on any atom is -0.355 e. The fraction of sp³-hybridized carbons (Fsp3) is 0.267. The summed E-state index contributed by atoms with van der Waals surface area (Å²) in [5, 5.41) is 2.93. The SMILES string of the molecule is C[C](Cc1c[nH]cn1)C(=O)NCCc1ccccc1. The van der Waals surface area contributed by atoms with Crippen molar-refractivity contribution < 1.29 is 4.79 Å². The van der Waals surface area contributed by atoms with Crippen LogP contribution in [0.2, 0.25) is 0 Å². The maximum atomic E-state index is 11.9. The van der Waals surface area contributed by atoms with Crippen molar-refractivity contribution in [1.82, 2.24) is 15.3 Å². The van der Waals surface area contributed by atoms with Crippen LogP contribution in [-0.4, -0.2) is 22.4 Å². The number of aromatic amines is 1. The molecule has 99 valence electrons. The van der Waals surface area contributed by atoms with Gasteiger partial charge >= 0.3 is 0 Å². The quantitative estimate of drug-likeness (QED) is 0.829. The first-order valence-electron chi connectivity index (χ1n) is 6.38. The second-order valence-electron chi connectivity index (χ2n) is 4.51. The molecule has 0 aliphatic heterocycles. The van der Waals surface area contributed by atoms with Gasteiger partial charge in [-0.2, -0.15) is 0 Å². The van der Waals surface area contributed by atoms with E-state index in [0.29, 0.717) is 13.0 Å². The Balaban J connectivity index is 1.72. The number of hydrogen-bond acceptors (Lipinski definition) is 2. The van der Waals surface area contributed by atoms with Gasteiger partial charge in [-0.1, -0.05) is 30.3 Å². The highest BCUT2D eigenvalue weighted by atomic mass is 16.1. The van der Waals surface area contributed by atoms with Crippen molar-refractivity contribution in [2.24, 2.45) is 0 Å². The standard InChI is InChI=1S/C15H18N3O/c1-12(9-14-10-16-11-18-14)15(19)17-8-7-13-5-3-2-4-6-13/h2-6,10-11H,7-9H2,1H3,(H,16,18)(H,17,19). The van der Waals surface area contributed by atoms with Crippen LogP contribution < -0.4 is 5.32 Å². The second-order valence-corrected chi connectivity index (χ2v) is 4.51. The van der Waals surface area contributed by atoms with E-state index < -0.39 is 0 Å². The Morgan fingerprint density at radius 1 is 1.32 bits per heavy atom. The van der Waals surface area contributed by atoms with Crippen LogP contribution in [0.15, 0.2) is 42.9 Å². The molecule has 4 nitrogen and oxygen atoms in total. The Labute approximate surface area is 113 Å². The average Bonchev–Trinajstić information content (AvgIpc) is 2.92. The Kier molecular flexibility index (Phi) is 4.72. The lowest BCUT2D eigenvalue weighted by Gasteiger charge is -2.10. The lowest BCUT2D eigenvalue weighted by atomic mass is 10.1. The summed E-state index contributed by atoms with van der Waals surface area (Å²) >= 11 is 0. The summed E-state index contributed by atoms with van der Waals surface area (Å²) in [5.41, 5.74) is 2.11. The van der Waals surface area contributed by atoms with Crippen LogP contribution in [-0.2, 0) is 17.6 Å². The largest absolute Gasteiger partial charge is 0.355 e. The number of aromatic nitrogens is 2. The maximum Gasteiger partial charge on any atom is 0.227 e. The fourth-order valence-corrected chi connectivity index (χ4v) is 1.86. The van der Waals surface area contributed by atoms with Crippen molar-refractivity contribution >= 4 is 5.91 Å². The van der Waals surface area contributed by atoms with E-state index in [4.69, 9.17) is 0 Å². The monoisotopic (exact) mass is 256 g/mol. The molecule has 0 fully saturated rings. The molecule has 0 bridgehead atoms. The summed E-state index contributed by atoms with van der Waals surface area (Å²) in [6.45, 7) is 2.49. The predicted molar refractivity (Wildman–Crippen MR) is 74.4 cm³/mol. The Morgan fingerprint density at radius 2 is 2.11 bits per heavy atom. The molecule has 0 aliphatic rings. The van der Waals surface area contributed by atoms with Crippen molar-refractivity contribution in [3.8, 4) is 0 Å². The molecule has 19 heavy (non-hydrogen) atoms. The van der Waals surface area contributed by atoms with E-state index in [2.05, 4.69) is 27.4 Å². The highest BCUT2D eigenvalue weighted by Crippen LogP contribution is 2.07. The first-order valence-corrected chi connectivity index (χ1v) is 6.38. The van der Waals surface area contributed by atoms with Gasteiger partial charge in [-0.25, -0.2) is 4.98 Å². The van der Waals surface area contributed by atoms with Crippen molar-refractivity contribution in [1.29, 1.82) is 0 Å². The zero-order valence-electron chi connectivity index (χ0n) is 11.0. The normalized spacial score (nSPS) is 10.6. The summed E-state index contributed by atoms with van der Waals surface area (Å²) in [6, 6.07) is 10.1. The van der Waals surface area contributed by atoms with Crippen molar-refractivity contribution in [3.05, 3.63) is 60.0 Å². The number of benzene rings is 1. The molecule has 0 aliphatic carbocycles. The van der Waals surface area contributed by atoms with Gasteiger partial charge in [0.25, 0.3) is 0 Å². The number of hydrogen-bond donors (Lipinski definition) is 2. The second kappa shape index (κ2) is 6.73. The van der Waals surface area contributed by atoms with Gasteiger partial charge in [0.15, 0.2) is 0 Å². The molecule has 2 rings (SSSR count). The summed E-state index contributed by atoms with van der Waals surface area (Å²) < 4.78 is 0. The number of nitrogens with zero attached hydrogens (tertiary/aromatic N) is 1. The third-order valence-electron chi connectivity index (χ3n) is 2.93. The zero-order chi connectivity index (χ0) is 13.5. The predicted octanol–water partition coefficient (Wildman–Crippen LogP) is 1.91. The van der Waals surface area contributed by atoms with Crippen LogP contribution in [0.3, 0.4) is 0 Å². The van der Waals surface area contributed by atoms with Gasteiger partial charge in [-0.3, -0.25) is 4.79 Å². The van der Waals surface area contributed by atoms with Crippen molar-refractivity contribution in [2.75, 3.05) is 6.54 Å². The molecule has 0 saturated heterocycles. The molecule has 1 heterocycles.